The summed E-state index contributed by atoms with van der Waals surface area (Å²) in [6.07, 6.45) is 0. The number of benzene rings is 1. The van der Waals surface area contributed by atoms with Gasteiger partial charge >= 0.3 is 0 Å². The van der Waals surface area contributed by atoms with Gasteiger partial charge in [-0.15, -0.1) is 0 Å². The molecule has 0 atom stereocenters. The first kappa shape index (κ1) is 12.0. The summed E-state index contributed by atoms with van der Waals surface area (Å²) in [6, 6.07) is 5.78. The van der Waals surface area contributed by atoms with Crippen molar-refractivity contribution >= 4 is 17.3 Å². The van der Waals surface area contributed by atoms with E-state index in [-0.39, 0.29) is 5.91 Å². The Morgan fingerprint density at radius 2 is 2.00 bits per heavy atom. The van der Waals surface area contributed by atoms with Crippen LogP contribution in [0.3, 0.4) is 0 Å². The SMILES string of the molecule is CC(C)CN1C(=O)C(C)(C)c2cccc(N)c21. The lowest BCUT2D eigenvalue weighted by Crippen LogP contribution is -2.38. The average Bonchev–Trinajstić information content (AvgIpc) is 2.41. The van der Waals surface area contributed by atoms with Gasteiger partial charge in [-0.3, -0.25) is 4.79 Å². The van der Waals surface area contributed by atoms with Gasteiger partial charge in [0.15, 0.2) is 0 Å². The zero-order chi connectivity index (χ0) is 12.8. The Hall–Kier alpha value is -1.51. The van der Waals surface area contributed by atoms with Crippen LogP contribution in [0.2, 0.25) is 0 Å². The van der Waals surface area contributed by atoms with E-state index in [1.54, 1.807) is 0 Å². The molecular formula is C14H20N2O. The Balaban J connectivity index is 2.56. The molecule has 0 saturated heterocycles. The maximum Gasteiger partial charge on any atom is 0.237 e. The highest BCUT2D eigenvalue weighted by Crippen LogP contribution is 2.44. The molecule has 3 heteroatoms. The summed E-state index contributed by atoms with van der Waals surface area (Å²) in [5.41, 5.74) is 8.22. The van der Waals surface area contributed by atoms with Gasteiger partial charge in [-0.2, -0.15) is 0 Å². The van der Waals surface area contributed by atoms with Crippen molar-refractivity contribution in [3.63, 3.8) is 0 Å². The molecular weight excluding hydrogens is 212 g/mol. The Bertz CT molecular complexity index is 463. The molecule has 92 valence electrons. The van der Waals surface area contributed by atoms with E-state index in [0.717, 1.165) is 17.8 Å². The molecule has 3 nitrogen and oxygen atoms in total. The van der Waals surface area contributed by atoms with E-state index in [9.17, 15) is 4.79 Å². The average molecular weight is 232 g/mol. The molecule has 1 aliphatic heterocycles. The molecule has 0 radical (unpaired) electrons. The number of nitrogens with zero attached hydrogens (tertiary/aromatic N) is 1. The maximum atomic E-state index is 12.4. The van der Waals surface area contributed by atoms with Crippen LogP contribution in [0.15, 0.2) is 18.2 Å². The van der Waals surface area contributed by atoms with Crippen molar-refractivity contribution < 1.29 is 4.79 Å². The summed E-state index contributed by atoms with van der Waals surface area (Å²) < 4.78 is 0. The van der Waals surface area contributed by atoms with Crippen molar-refractivity contribution in [3.05, 3.63) is 23.8 Å². The standard InChI is InChI=1S/C14H20N2O/c1-9(2)8-16-12-10(6-5-7-11(12)15)14(3,4)13(16)17/h5-7,9H,8,15H2,1-4H3. The molecule has 0 fully saturated rings. The van der Waals surface area contributed by atoms with Gasteiger partial charge in [-0.1, -0.05) is 26.0 Å². The third-order valence-electron chi connectivity index (χ3n) is 3.34. The summed E-state index contributed by atoms with van der Waals surface area (Å²) in [6.45, 7) is 8.88. The van der Waals surface area contributed by atoms with Crippen molar-refractivity contribution in [2.24, 2.45) is 5.92 Å². The lowest BCUT2D eigenvalue weighted by Gasteiger charge is -2.22. The lowest BCUT2D eigenvalue weighted by molar-refractivity contribution is -0.122. The second-order valence-corrected chi connectivity index (χ2v) is 5.68. The third-order valence-corrected chi connectivity index (χ3v) is 3.34. The second kappa shape index (κ2) is 3.76. The number of amides is 1. The largest absolute Gasteiger partial charge is 0.397 e. The van der Waals surface area contributed by atoms with E-state index in [4.69, 9.17) is 5.73 Å². The molecule has 0 saturated carbocycles. The van der Waals surface area contributed by atoms with Gasteiger partial charge in [0.1, 0.15) is 0 Å². The number of para-hydroxylation sites is 1. The maximum absolute atomic E-state index is 12.4. The van der Waals surface area contributed by atoms with Crippen molar-refractivity contribution in [2.45, 2.75) is 33.1 Å². The number of nitrogen functional groups attached to an aromatic ring is 1. The quantitative estimate of drug-likeness (QED) is 0.796. The smallest absolute Gasteiger partial charge is 0.237 e. The van der Waals surface area contributed by atoms with Gasteiger partial charge < -0.3 is 10.6 Å². The number of anilines is 2. The molecule has 1 aliphatic rings. The molecule has 1 amide bonds. The molecule has 2 rings (SSSR count). The first-order chi connectivity index (χ1) is 7.85. The van der Waals surface area contributed by atoms with Crippen LogP contribution >= 0.6 is 0 Å². The lowest BCUT2D eigenvalue weighted by atomic mass is 9.86. The van der Waals surface area contributed by atoms with Crippen LogP contribution in [-0.4, -0.2) is 12.5 Å². The third kappa shape index (κ3) is 1.70. The van der Waals surface area contributed by atoms with E-state index < -0.39 is 5.41 Å². The van der Waals surface area contributed by atoms with Gasteiger partial charge in [0, 0.05) is 6.54 Å². The zero-order valence-electron chi connectivity index (χ0n) is 10.9. The monoisotopic (exact) mass is 232 g/mol. The second-order valence-electron chi connectivity index (χ2n) is 5.68. The van der Waals surface area contributed by atoms with Crippen LogP contribution in [0.5, 0.6) is 0 Å². The van der Waals surface area contributed by atoms with Gasteiger partial charge in [0.25, 0.3) is 0 Å². The Morgan fingerprint density at radius 1 is 1.35 bits per heavy atom. The number of rotatable bonds is 2. The topological polar surface area (TPSA) is 46.3 Å². The van der Waals surface area contributed by atoms with E-state index in [2.05, 4.69) is 13.8 Å². The molecule has 0 aliphatic carbocycles. The fourth-order valence-corrected chi connectivity index (χ4v) is 2.46. The van der Waals surface area contributed by atoms with Gasteiger partial charge in [-0.05, 0) is 31.4 Å². The number of hydrogen-bond acceptors (Lipinski definition) is 2. The Kier molecular flexibility index (Phi) is 2.64. The van der Waals surface area contributed by atoms with Gasteiger partial charge in [-0.25, -0.2) is 0 Å². The van der Waals surface area contributed by atoms with Crippen LogP contribution in [-0.2, 0) is 10.2 Å². The fraction of sp³-hybridized carbons (Fsp3) is 0.500. The fourth-order valence-electron chi connectivity index (χ4n) is 2.46. The first-order valence-corrected chi connectivity index (χ1v) is 6.06. The molecule has 0 bridgehead atoms. The molecule has 2 N–H and O–H groups in total. The van der Waals surface area contributed by atoms with Crippen molar-refractivity contribution in [1.29, 1.82) is 0 Å². The normalized spacial score (nSPS) is 17.7. The predicted molar refractivity (Wildman–Crippen MR) is 71.1 cm³/mol. The number of nitrogens with two attached hydrogens (primary N) is 1. The van der Waals surface area contributed by atoms with E-state index in [0.29, 0.717) is 11.6 Å². The number of carbonyl (C=O) groups is 1. The van der Waals surface area contributed by atoms with Crippen LogP contribution in [0, 0.1) is 5.92 Å². The van der Waals surface area contributed by atoms with E-state index in [1.165, 1.54) is 0 Å². The molecule has 17 heavy (non-hydrogen) atoms. The van der Waals surface area contributed by atoms with E-state index in [1.807, 2.05) is 36.9 Å². The van der Waals surface area contributed by atoms with E-state index >= 15 is 0 Å². The number of hydrogen-bond donors (Lipinski definition) is 1. The van der Waals surface area contributed by atoms with Gasteiger partial charge in [0.05, 0.1) is 16.8 Å². The zero-order valence-corrected chi connectivity index (χ0v) is 10.9. The first-order valence-electron chi connectivity index (χ1n) is 6.06. The summed E-state index contributed by atoms with van der Waals surface area (Å²) in [5, 5.41) is 0. The number of carbonyl (C=O) groups excluding carboxylic acids is 1. The van der Waals surface area contributed by atoms with Crippen molar-refractivity contribution in [1.82, 2.24) is 0 Å². The summed E-state index contributed by atoms with van der Waals surface area (Å²) in [4.78, 5) is 14.3. The molecule has 0 spiro atoms. The molecule has 1 aromatic carbocycles. The minimum absolute atomic E-state index is 0.152. The van der Waals surface area contributed by atoms with Crippen LogP contribution in [0.25, 0.3) is 0 Å². The van der Waals surface area contributed by atoms with Crippen molar-refractivity contribution in [2.75, 3.05) is 17.2 Å². The van der Waals surface area contributed by atoms with Crippen LogP contribution in [0.4, 0.5) is 11.4 Å². The Labute approximate surface area is 103 Å². The van der Waals surface area contributed by atoms with Crippen molar-refractivity contribution in [3.8, 4) is 0 Å². The minimum atomic E-state index is -0.459. The molecule has 0 aromatic heterocycles. The summed E-state index contributed by atoms with van der Waals surface area (Å²) in [7, 11) is 0. The highest BCUT2D eigenvalue weighted by molar-refractivity contribution is 6.10. The van der Waals surface area contributed by atoms with Crippen LogP contribution < -0.4 is 10.6 Å². The summed E-state index contributed by atoms with van der Waals surface area (Å²) >= 11 is 0. The molecule has 1 aromatic rings. The highest BCUT2D eigenvalue weighted by Gasteiger charge is 2.44. The van der Waals surface area contributed by atoms with Gasteiger partial charge in [0.2, 0.25) is 5.91 Å². The molecule has 0 unspecified atom stereocenters. The summed E-state index contributed by atoms with van der Waals surface area (Å²) in [5.74, 6) is 0.583. The Morgan fingerprint density at radius 3 is 2.59 bits per heavy atom. The minimum Gasteiger partial charge on any atom is -0.397 e. The number of fused-ring (bicyclic) bond motifs is 1. The predicted octanol–water partition coefficient (Wildman–Crippen LogP) is 2.55. The molecule has 1 heterocycles. The highest BCUT2D eigenvalue weighted by atomic mass is 16.2. The van der Waals surface area contributed by atoms with Crippen LogP contribution in [0.1, 0.15) is 33.3 Å².